The molecule has 0 spiro atoms. The third kappa shape index (κ3) is 3.12. The van der Waals surface area contributed by atoms with E-state index in [0.29, 0.717) is 11.5 Å². The van der Waals surface area contributed by atoms with Crippen LogP contribution in [0.5, 0.6) is 0 Å². The Hall–Kier alpha value is -3.15. The molecule has 0 saturated heterocycles. The maximum Gasteiger partial charge on any atom is 0.307 e. The number of nitrogens with one attached hydrogen (secondary N) is 1. The lowest BCUT2D eigenvalue weighted by Gasteiger charge is -1.96. The van der Waals surface area contributed by atoms with Gasteiger partial charge in [-0.15, -0.1) is 0 Å². The fraction of sp³-hybridized carbons (Fsp3) is 0. The smallest absolute Gasteiger partial charge is 0.307 e. The first kappa shape index (κ1) is 13.8. The summed E-state index contributed by atoms with van der Waals surface area (Å²) in [6.07, 6.45) is 2.77. The Morgan fingerprint density at radius 1 is 1.14 bits per heavy atom. The van der Waals surface area contributed by atoms with Crippen molar-refractivity contribution in [2.75, 3.05) is 0 Å². The van der Waals surface area contributed by atoms with Gasteiger partial charge in [-0.25, -0.2) is 9.82 Å². The molecule has 5 nitrogen and oxygen atoms in total. The van der Waals surface area contributed by atoms with Crippen LogP contribution < -0.4 is 5.43 Å². The van der Waals surface area contributed by atoms with E-state index in [2.05, 4.69) is 10.5 Å². The SMILES string of the molecule is O=C(N/N=C\c1ccc(-c2ccc(F)cc2)o1)c1ccco1. The summed E-state index contributed by atoms with van der Waals surface area (Å²) in [4.78, 5) is 11.6. The minimum Gasteiger partial charge on any atom is -0.459 e. The highest BCUT2D eigenvalue weighted by atomic mass is 19.1. The van der Waals surface area contributed by atoms with E-state index in [1.165, 1.54) is 30.7 Å². The van der Waals surface area contributed by atoms with E-state index in [1.54, 1.807) is 30.3 Å². The van der Waals surface area contributed by atoms with Crippen molar-refractivity contribution in [3.8, 4) is 11.3 Å². The van der Waals surface area contributed by atoms with Crippen LogP contribution in [0.15, 0.2) is 68.7 Å². The number of carbonyl (C=O) groups excluding carboxylic acids is 1. The second-order valence-electron chi connectivity index (χ2n) is 4.39. The maximum absolute atomic E-state index is 12.9. The number of hydrazone groups is 1. The van der Waals surface area contributed by atoms with Crippen LogP contribution in [0, 0.1) is 5.82 Å². The Labute approximate surface area is 125 Å². The largest absolute Gasteiger partial charge is 0.459 e. The van der Waals surface area contributed by atoms with Gasteiger partial charge in [-0.05, 0) is 48.5 Å². The highest BCUT2D eigenvalue weighted by molar-refractivity contribution is 5.92. The second kappa shape index (κ2) is 6.09. The Balaban J connectivity index is 1.65. The summed E-state index contributed by atoms with van der Waals surface area (Å²) >= 11 is 0. The van der Waals surface area contributed by atoms with Crippen molar-refractivity contribution in [2.45, 2.75) is 0 Å². The molecule has 1 aromatic carbocycles. The normalized spacial score (nSPS) is 11.0. The van der Waals surface area contributed by atoms with Crippen LogP contribution in [0.2, 0.25) is 0 Å². The zero-order valence-corrected chi connectivity index (χ0v) is 11.3. The van der Waals surface area contributed by atoms with Gasteiger partial charge in [0.2, 0.25) is 0 Å². The van der Waals surface area contributed by atoms with Crippen molar-refractivity contribution in [2.24, 2.45) is 5.10 Å². The first-order chi connectivity index (χ1) is 10.7. The molecular formula is C16H11FN2O3. The number of benzene rings is 1. The topological polar surface area (TPSA) is 67.7 Å². The lowest BCUT2D eigenvalue weighted by Crippen LogP contribution is -2.16. The third-order valence-electron chi connectivity index (χ3n) is 2.86. The molecule has 6 heteroatoms. The molecular weight excluding hydrogens is 287 g/mol. The first-order valence-electron chi connectivity index (χ1n) is 6.45. The van der Waals surface area contributed by atoms with E-state index in [0.717, 1.165) is 5.56 Å². The zero-order valence-electron chi connectivity index (χ0n) is 11.3. The minimum atomic E-state index is -0.452. The quantitative estimate of drug-likeness (QED) is 0.592. The molecule has 2 aromatic heterocycles. The number of amides is 1. The molecule has 0 aliphatic heterocycles. The van der Waals surface area contributed by atoms with E-state index in [4.69, 9.17) is 8.83 Å². The summed E-state index contributed by atoms with van der Waals surface area (Å²) in [5.74, 6) is 0.450. The van der Waals surface area contributed by atoms with Gasteiger partial charge < -0.3 is 8.83 Å². The molecule has 1 N–H and O–H groups in total. The molecule has 22 heavy (non-hydrogen) atoms. The van der Waals surface area contributed by atoms with E-state index >= 15 is 0 Å². The predicted molar refractivity (Wildman–Crippen MR) is 77.9 cm³/mol. The monoisotopic (exact) mass is 298 g/mol. The highest BCUT2D eigenvalue weighted by Gasteiger charge is 2.07. The minimum absolute atomic E-state index is 0.170. The number of nitrogens with zero attached hydrogens (tertiary/aromatic N) is 1. The fourth-order valence-corrected chi connectivity index (χ4v) is 1.81. The van der Waals surface area contributed by atoms with Gasteiger partial charge >= 0.3 is 5.91 Å². The van der Waals surface area contributed by atoms with Gasteiger partial charge in [-0.2, -0.15) is 5.10 Å². The van der Waals surface area contributed by atoms with Gasteiger partial charge in [0, 0.05) is 5.56 Å². The van der Waals surface area contributed by atoms with Gasteiger partial charge in [0.15, 0.2) is 5.76 Å². The fourth-order valence-electron chi connectivity index (χ4n) is 1.81. The number of furan rings is 2. The van der Waals surface area contributed by atoms with Gasteiger partial charge in [-0.3, -0.25) is 4.79 Å². The summed E-state index contributed by atoms with van der Waals surface area (Å²) in [5.41, 5.74) is 3.07. The summed E-state index contributed by atoms with van der Waals surface area (Å²) in [5, 5.41) is 3.78. The van der Waals surface area contributed by atoms with Crippen LogP contribution in [0.1, 0.15) is 16.3 Å². The predicted octanol–water partition coefficient (Wildman–Crippen LogP) is 3.44. The van der Waals surface area contributed by atoms with Gasteiger partial charge in [0.05, 0.1) is 12.5 Å². The van der Waals surface area contributed by atoms with Crippen LogP contribution in [0.25, 0.3) is 11.3 Å². The molecule has 0 saturated carbocycles. The zero-order chi connectivity index (χ0) is 15.4. The summed E-state index contributed by atoms with van der Waals surface area (Å²) in [6.45, 7) is 0. The first-order valence-corrected chi connectivity index (χ1v) is 6.45. The standard InChI is InChI=1S/C16H11FN2O3/c17-12-5-3-11(4-6-12)14-8-7-13(22-14)10-18-19-16(20)15-2-1-9-21-15/h1-10H,(H,19,20)/b18-10-. The van der Waals surface area contributed by atoms with E-state index in [9.17, 15) is 9.18 Å². The molecule has 0 aliphatic carbocycles. The molecule has 0 unspecified atom stereocenters. The summed E-state index contributed by atoms with van der Waals surface area (Å²) in [6, 6.07) is 12.5. The number of hydrogen-bond acceptors (Lipinski definition) is 4. The van der Waals surface area contributed by atoms with E-state index < -0.39 is 5.91 Å². The van der Waals surface area contributed by atoms with E-state index in [-0.39, 0.29) is 11.6 Å². The van der Waals surface area contributed by atoms with Crippen molar-refractivity contribution in [3.63, 3.8) is 0 Å². The third-order valence-corrected chi connectivity index (χ3v) is 2.86. The lowest BCUT2D eigenvalue weighted by atomic mass is 10.2. The van der Waals surface area contributed by atoms with Crippen molar-refractivity contribution in [1.29, 1.82) is 0 Å². The number of halogens is 1. The maximum atomic E-state index is 12.9. The molecule has 110 valence electrons. The van der Waals surface area contributed by atoms with Crippen LogP contribution >= 0.6 is 0 Å². The van der Waals surface area contributed by atoms with Gasteiger partial charge in [-0.1, -0.05) is 0 Å². The van der Waals surface area contributed by atoms with Crippen LogP contribution in [0.4, 0.5) is 4.39 Å². The van der Waals surface area contributed by atoms with Gasteiger partial charge in [0.1, 0.15) is 17.3 Å². The molecule has 0 atom stereocenters. The molecule has 0 fully saturated rings. The molecule has 3 aromatic rings. The van der Waals surface area contributed by atoms with Gasteiger partial charge in [0.25, 0.3) is 0 Å². The molecule has 3 rings (SSSR count). The summed E-state index contributed by atoms with van der Waals surface area (Å²) < 4.78 is 23.3. The lowest BCUT2D eigenvalue weighted by molar-refractivity contribution is 0.0927. The highest BCUT2D eigenvalue weighted by Crippen LogP contribution is 2.21. The molecule has 0 bridgehead atoms. The number of hydrogen-bond donors (Lipinski definition) is 1. The van der Waals surface area contributed by atoms with Crippen LogP contribution in [-0.4, -0.2) is 12.1 Å². The van der Waals surface area contributed by atoms with Crippen molar-refractivity contribution in [3.05, 3.63) is 72.1 Å². The number of carbonyl (C=O) groups is 1. The Morgan fingerprint density at radius 3 is 2.68 bits per heavy atom. The Morgan fingerprint density at radius 2 is 1.95 bits per heavy atom. The van der Waals surface area contributed by atoms with E-state index in [1.807, 2.05) is 0 Å². The van der Waals surface area contributed by atoms with Crippen LogP contribution in [-0.2, 0) is 0 Å². The molecule has 0 radical (unpaired) electrons. The van der Waals surface area contributed by atoms with Crippen molar-refractivity contribution >= 4 is 12.1 Å². The van der Waals surface area contributed by atoms with Crippen molar-refractivity contribution < 1.29 is 18.0 Å². The Kier molecular flexibility index (Phi) is 3.82. The average Bonchev–Trinajstić information content (AvgIpc) is 3.19. The number of rotatable bonds is 4. The van der Waals surface area contributed by atoms with Crippen LogP contribution in [0.3, 0.4) is 0 Å². The van der Waals surface area contributed by atoms with Crippen molar-refractivity contribution in [1.82, 2.24) is 5.43 Å². The molecule has 2 heterocycles. The molecule has 1 amide bonds. The molecule has 0 aliphatic rings. The second-order valence-corrected chi connectivity index (χ2v) is 4.39. The summed E-state index contributed by atoms with van der Waals surface area (Å²) in [7, 11) is 0. The Bertz CT molecular complexity index is 789. The average molecular weight is 298 g/mol.